The first-order valence-corrected chi connectivity index (χ1v) is 7.63. The average molecular weight is 281 g/mol. The van der Waals surface area contributed by atoms with Gasteiger partial charge in [-0.3, -0.25) is 0 Å². The quantitative estimate of drug-likeness (QED) is 0.795. The highest BCUT2D eigenvalue weighted by molar-refractivity contribution is 6.49. The second-order valence-electron chi connectivity index (χ2n) is 6.39. The predicted molar refractivity (Wildman–Crippen MR) is 84.1 cm³/mol. The molecule has 108 valence electrons. The van der Waals surface area contributed by atoms with Crippen LogP contribution in [-0.4, -0.2) is 38.8 Å². The molecule has 1 heterocycles. The van der Waals surface area contributed by atoms with E-state index in [-0.39, 0.29) is 25.1 Å². The Bertz CT molecular complexity index is 611. The monoisotopic (exact) mass is 281 g/mol. The molecule has 0 spiro atoms. The van der Waals surface area contributed by atoms with E-state index in [4.69, 9.17) is 9.31 Å². The topological polar surface area (TPSA) is 21.7 Å². The van der Waals surface area contributed by atoms with Crippen molar-refractivity contribution in [1.82, 2.24) is 4.90 Å². The molecule has 1 aliphatic heterocycles. The summed E-state index contributed by atoms with van der Waals surface area (Å²) in [6.07, 6.45) is 7.79. The van der Waals surface area contributed by atoms with Gasteiger partial charge < -0.3 is 14.2 Å². The number of likely N-dealkylation sites (N-methyl/N-ethyl adjacent to an activating group) is 1. The summed E-state index contributed by atoms with van der Waals surface area (Å²) in [6, 6.07) is 8.54. The third-order valence-corrected chi connectivity index (χ3v) is 4.56. The van der Waals surface area contributed by atoms with Gasteiger partial charge in [0.25, 0.3) is 0 Å². The van der Waals surface area contributed by atoms with Crippen LogP contribution in [0.3, 0.4) is 0 Å². The summed E-state index contributed by atoms with van der Waals surface area (Å²) >= 11 is 0. The Morgan fingerprint density at radius 2 is 2.10 bits per heavy atom. The van der Waals surface area contributed by atoms with Crippen molar-refractivity contribution < 1.29 is 9.31 Å². The molecule has 2 aliphatic carbocycles. The minimum absolute atomic E-state index is 0.112. The van der Waals surface area contributed by atoms with E-state index < -0.39 is 0 Å². The van der Waals surface area contributed by atoms with Gasteiger partial charge in [-0.2, -0.15) is 0 Å². The van der Waals surface area contributed by atoms with Crippen molar-refractivity contribution in [2.24, 2.45) is 0 Å². The number of allylic oxidation sites excluding steroid dienone is 3. The van der Waals surface area contributed by atoms with Crippen LogP contribution in [0.5, 0.6) is 0 Å². The maximum atomic E-state index is 6.27. The van der Waals surface area contributed by atoms with Gasteiger partial charge in [0.2, 0.25) is 0 Å². The lowest BCUT2D eigenvalue weighted by atomic mass is 9.69. The zero-order valence-corrected chi connectivity index (χ0v) is 12.5. The summed E-state index contributed by atoms with van der Waals surface area (Å²) in [5.74, 6) is 0.255. The zero-order valence-electron chi connectivity index (χ0n) is 12.5. The third-order valence-electron chi connectivity index (χ3n) is 4.56. The van der Waals surface area contributed by atoms with Gasteiger partial charge in [-0.05, 0) is 25.2 Å². The van der Waals surface area contributed by atoms with Crippen molar-refractivity contribution in [3.63, 3.8) is 0 Å². The fourth-order valence-electron chi connectivity index (χ4n) is 3.64. The fraction of sp³-hybridized carbons (Fsp3) is 0.412. The number of fused-ring (bicyclic) bond motifs is 3. The molecule has 3 atom stereocenters. The second kappa shape index (κ2) is 5.13. The van der Waals surface area contributed by atoms with E-state index in [1.165, 1.54) is 16.7 Å². The molecule has 4 heteroatoms. The lowest BCUT2D eigenvalue weighted by Gasteiger charge is -2.20. The molecule has 1 aromatic rings. The Morgan fingerprint density at radius 1 is 1.24 bits per heavy atom. The predicted octanol–water partition coefficient (Wildman–Crippen LogP) is 2.62. The van der Waals surface area contributed by atoms with Gasteiger partial charge >= 0.3 is 7.12 Å². The second-order valence-corrected chi connectivity index (χ2v) is 6.39. The van der Waals surface area contributed by atoms with Gasteiger partial charge in [0, 0.05) is 18.8 Å². The largest absolute Gasteiger partial charge is 0.469 e. The van der Waals surface area contributed by atoms with Gasteiger partial charge in [-0.25, -0.2) is 0 Å². The van der Waals surface area contributed by atoms with Gasteiger partial charge in [0.1, 0.15) is 0 Å². The molecule has 1 aromatic carbocycles. The fourth-order valence-corrected chi connectivity index (χ4v) is 3.64. The molecule has 1 fully saturated rings. The van der Waals surface area contributed by atoms with Crippen molar-refractivity contribution in [3.8, 4) is 0 Å². The zero-order chi connectivity index (χ0) is 14.4. The molecule has 0 saturated carbocycles. The maximum absolute atomic E-state index is 6.27. The molecule has 1 unspecified atom stereocenters. The summed E-state index contributed by atoms with van der Waals surface area (Å²) in [4.78, 5) is 2.19. The molecule has 1 saturated heterocycles. The number of hydrogen-bond acceptors (Lipinski definition) is 3. The Morgan fingerprint density at radius 3 is 2.95 bits per heavy atom. The van der Waals surface area contributed by atoms with Crippen molar-refractivity contribution in [3.05, 3.63) is 59.2 Å². The molecule has 0 aromatic heterocycles. The summed E-state index contributed by atoms with van der Waals surface area (Å²) < 4.78 is 12.5. The normalized spacial score (nSPS) is 30.0. The lowest BCUT2D eigenvalue weighted by Crippen LogP contribution is -2.27. The molecule has 0 amide bonds. The molecule has 3 nitrogen and oxygen atoms in total. The van der Waals surface area contributed by atoms with Crippen molar-refractivity contribution in [1.29, 1.82) is 0 Å². The van der Waals surface area contributed by atoms with Gasteiger partial charge in [0.15, 0.2) is 0 Å². The van der Waals surface area contributed by atoms with E-state index in [0.717, 1.165) is 13.0 Å². The first kappa shape index (κ1) is 13.3. The molecule has 3 aliphatic rings. The van der Waals surface area contributed by atoms with Gasteiger partial charge in [0.05, 0.1) is 12.2 Å². The summed E-state index contributed by atoms with van der Waals surface area (Å²) in [5.41, 5.74) is 4.06. The highest BCUT2D eigenvalue weighted by Gasteiger charge is 2.48. The van der Waals surface area contributed by atoms with Crippen molar-refractivity contribution in [2.75, 3.05) is 20.6 Å². The Kier molecular flexibility index (Phi) is 3.25. The first-order valence-electron chi connectivity index (χ1n) is 7.63. The molecular weight excluding hydrogens is 261 g/mol. The standard InChI is InChI=1S/C17H20BNO2/c1-19(2)11-13-7-5-9-15(13)18-20-16-10-12-6-3-4-8-14(12)17(16)21-18/h3-9,15-17H,10-11H2,1-2H3/t15?,16-,17+/m0/s1. The molecule has 0 radical (unpaired) electrons. The van der Waals surface area contributed by atoms with E-state index in [9.17, 15) is 0 Å². The minimum Gasteiger partial charge on any atom is -0.404 e. The van der Waals surface area contributed by atoms with Crippen LogP contribution in [0.1, 0.15) is 17.2 Å². The van der Waals surface area contributed by atoms with Crippen LogP contribution in [0.15, 0.2) is 48.1 Å². The molecule has 4 rings (SSSR count). The van der Waals surface area contributed by atoms with Crippen LogP contribution >= 0.6 is 0 Å². The van der Waals surface area contributed by atoms with Crippen molar-refractivity contribution >= 4 is 7.12 Å². The Hall–Kier alpha value is -1.36. The number of hydrogen-bond donors (Lipinski definition) is 0. The van der Waals surface area contributed by atoms with E-state index in [0.29, 0.717) is 0 Å². The summed E-state index contributed by atoms with van der Waals surface area (Å²) in [5, 5.41) is 0. The Labute approximate surface area is 126 Å². The van der Waals surface area contributed by atoms with Crippen LogP contribution in [0.25, 0.3) is 0 Å². The molecule has 21 heavy (non-hydrogen) atoms. The van der Waals surface area contributed by atoms with Crippen LogP contribution in [0.4, 0.5) is 0 Å². The first-order chi connectivity index (χ1) is 10.2. The molecule has 0 bridgehead atoms. The van der Waals surface area contributed by atoms with Gasteiger partial charge in [-0.1, -0.05) is 48.1 Å². The van der Waals surface area contributed by atoms with Crippen LogP contribution in [-0.2, 0) is 15.7 Å². The van der Waals surface area contributed by atoms with Crippen molar-refractivity contribution in [2.45, 2.75) is 24.4 Å². The highest BCUT2D eigenvalue weighted by atomic mass is 16.7. The lowest BCUT2D eigenvalue weighted by molar-refractivity contribution is 0.176. The Balaban J connectivity index is 1.51. The summed E-state index contributed by atoms with van der Waals surface area (Å²) in [6.45, 7) is 0.951. The number of benzene rings is 1. The molecule has 0 N–H and O–H groups in total. The smallest absolute Gasteiger partial charge is 0.404 e. The van der Waals surface area contributed by atoms with Crippen LogP contribution < -0.4 is 0 Å². The van der Waals surface area contributed by atoms with E-state index in [2.05, 4.69) is 61.5 Å². The van der Waals surface area contributed by atoms with Crippen LogP contribution in [0.2, 0.25) is 5.82 Å². The third kappa shape index (κ3) is 2.28. The SMILES string of the molecule is CN(C)CC1=CC=CC1B1O[C@H]2Cc3ccccc3[C@H]2O1. The van der Waals surface area contributed by atoms with Gasteiger partial charge in [-0.15, -0.1) is 0 Å². The summed E-state index contributed by atoms with van der Waals surface area (Å²) in [7, 11) is 4.05. The van der Waals surface area contributed by atoms with E-state index >= 15 is 0 Å². The van der Waals surface area contributed by atoms with E-state index in [1.807, 2.05) is 0 Å². The highest BCUT2D eigenvalue weighted by Crippen LogP contribution is 2.45. The van der Waals surface area contributed by atoms with Crippen LogP contribution in [0, 0.1) is 0 Å². The average Bonchev–Trinajstić information content (AvgIpc) is 3.10. The number of nitrogens with zero attached hydrogens (tertiary/aromatic N) is 1. The number of rotatable bonds is 3. The minimum atomic E-state index is -0.140. The molecular formula is C17H20BNO2. The maximum Gasteiger partial charge on any atom is 0.469 e. The van der Waals surface area contributed by atoms with E-state index in [1.54, 1.807) is 0 Å².